The maximum Gasteiger partial charge on any atom is 0.333 e. The van der Waals surface area contributed by atoms with Gasteiger partial charge in [0.25, 0.3) is 12.4 Å². The maximum atomic E-state index is 13.1. The Morgan fingerprint density at radius 1 is 1.09 bits per heavy atom. The number of likely N-dealkylation sites (tertiary alicyclic amines) is 1. The molecule has 0 bridgehead atoms. The fourth-order valence-electron chi connectivity index (χ4n) is 5.35. The van der Waals surface area contributed by atoms with Crippen molar-refractivity contribution in [3.63, 3.8) is 0 Å². The second-order valence-corrected chi connectivity index (χ2v) is 12.4. The van der Waals surface area contributed by atoms with E-state index in [1.165, 1.54) is 17.0 Å². The molecule has 254 valence electrons. The summed E-state index contributed by atoms with van der Waals surface area (Å²) in [5.41, 5.74) is 0.248. The first-order valence-corrected chi connectivity index (χ1v) is 15.6. The first-order chi connectivity index (χ1) is 21.8. The van der Waals surface area contributed by atoms with E-state index in [0.717, 1.165) is 0 Å². The van der Waals surface area contributed by atoms with Gasteiger partial charge in [0.05, 0.1) is 11.7 Å². The Bertz CT molecular complexity index is 1250. The van der Waals surface area contributed by atoms with Crippen molar-refractivity contribution in [2.45, 2.75) is 97.2 Å². The van der Waals surface area contributed by atoms with Gasteiger partial charge in [-0.15, -0.1) is 0 Å². The first-order valence-electron chi connectivity index (χ1n) is 15.6. The van der Waals surface area contributed by atoms with Gasteiger partial charge < -0.3 is 35.1 Å². The Hall–Kier alpha value is -4.04. The normalized spacial score (nSPS) is 21.1. The lowest BCUT2D eigenvalue weighted by Crippen LogP contribution is -2.48. The lowest BCUT2D eigenvalue weighted by atomic mass is 9.71. The van der Waals surface area contributed by atoms with Crippen molar-refractivity contribution in [3.05, 3.63) is 29.3 Å². The summed E-state index contributed by atoms with van der Waals surface area (Å²) in [5, 5.41) is 24.8. The van der Waals surface area contributed by atoms with E-state index in [4.69, 9.17) is 14.2 Å². The number of nitrogens with one attached hydrogen (secondary N) is 2. The highest BCUT2D eigenvalue weighted by Crippen LogP contribution is 2.39. The Kier molecular flexibility index (Phi) is 13.5. The number of unbranched alkanes of at least 4 members (excludes halogenated alkanes) is 2. The third kappa shape index (κ3) is 10.5. The molecule has 4 N–H and O–H groups in total. The van der Waals surface area contributed by atoms with Crippen LogP contribution in [0.3, 0.4) is 0 Å². The topological polar surface area (TPSA) is 198 Å². The number of carboxylic acid groups (broad SMARTS) is 1. The number of rotatable bonds is 17. The Balaban J connectivity index is 1.42. The average Bonchev–Trinajstić information content (AvgIpc) is 2.99. The van der Waals surface area contributed by atoms with Gasteiger partial charge in [0.15, 0.2) is 6.10 Å². The van der Waals surface area contributed by atoms with Crippen molar-refractivity contribution in [1.29, 1.82) is 0 Å². The minimum atomic E-state index is -1.26. The van der Waals surface area contributed by atoms with Crippen LogP contribution >= 0.6 is 0 Å². The summed E-state index contributed by atoms with van der Waals surface area (Å²) in [6.45, 7) is 6.79. The van der Waals surface area contributed by atoms with Gasteiger partial charge in [0, 0.05) is 51.7 Å². The smallest absolute Gasteiger partial charge is 0.333 e. The molecular formula is C32H45N3O11. The number of carbonyl (C=O) groups is 6. The second kappa shape index (κ2) is 17.0. The van der Waals surface area contributed by atoms with Crippen LogP contribution in [0.2, 0.25) is 0 Å². The SMILES string of the molecule is CC(C)C1(C)CC(=O)N(CCCCCC(=O)NCCNC(=O)c2cc(COC=O)ccc2OC2CC(O)CC(C(=O)O)O2)C(=O)C1. The van der Waals surface area contributed by atoms with Crippen LogP contribution in [0.25, 0.3) is 0 Å². The fraction of sp³-hybridized carbons (Fsp3) is 0.625. The number of benzene rings is 1. The zero-order valence-corrected chi connectivity index (χ0v) is 26.6. The number of imide groups is 1. The molecule has 4 amide bonds. The Labute approximate surface area is 268 Å². The Morgan fingerprint density at radius 3 is 2.43 bits per heavy atom. The summed E-state index contributed by atoms with van der Waals surface area (Å²) in [6, 6.07) is 4.48. The van der Waals surface area contributed by atoms with E-state index in [1.807, 2.05) is 20.8 Å². The van der Waals surface area contributed by atoms with E-state index >= 15 is 0 Å². The number of carboxylic acids is 1. The molecule has 1 aromatic rings. The number of aliphatic hydroxyl groups is 1. The third-order valence-corrected chi connectivity index (χ3v) is 8.53. The summed E-state index contributed by atoms with van der Waals surface area (Å²) >= 11 is 0. The van der Waals surface area contributed by atoms with Crippen molar-refractivity contribution < 1.29 is 53.2 Å². The molecule has 14 heteroatoms. The number of aliphatic hydroxyl groups excluding tert-OH is 1. The van der Waals surface area contributed by atoms with Gasteiger partial charge in [-0.1, -0.05) is 33.3 Å². The highest BCUT2D eigenvalue weighted by molar-refractivity contribution is 5.98. The van der Waals surface area contributed by atoms with Gasteiger partial charge in [-0.3, -0.25) is 28.9 Å². The maximum absolute atomic E-state index is 13.1. The van der Waals surface area contributed by atoms with Crippen molar-refractivity contribution >= 4 is 36.1 Å². The van der Waals surface area contributed by atoms with E-state index in [0.29, 0.717) is 44.2 Å². The molecule has 0 radical (unpaired) electrons. The summed E-state index contributed by atoms with van der Waals surface area (Å²) in [6.07, 6.45) is -0.607. The van der Waals surface area contributed by atoms with E-state index in [-0.39, 0.29) is 85.8 Å². The quantitative estimate of drug-likeness (QED) is 0.109. The van der Waals surface area contributed by atoms with Crippen molar-refractivity contribution in [1.82, 2.24) is 15.5 Å². The molecule has 1 aromatic carbocycles. The van der Waals surface area contributed by atoms with Crippen LogP contribution in [0.1, 0.15) is 88.1 Å². The number of aliphatic carboxylic acids is 1. The van der Waals surface area contributed by atoms with Crippen LogP contribution in [-0.4, -0.2) is 89.3 Å². The van der Waals surface area contributed by atoms with Gasteiger partial charge >= 0.3 is 5.97 Å². The lowest BCUT2D eigenvalue weighted by molar-refractivity contribution is -0.195. The predicted molar refractivity (Wildman–Crippen MR) is 162 cm³/mol. The zero-order chi connectivity index (χ0) is 33.9. The number of nitrogens with zero attached hydrogens (tertiary/aromatic N) is 1. The van der Waals surface area contributed by atoms with Crippen LogP contribution in [0.15, 0.2) is 18.2 Å². The third-order valence-electron chi connectivity index (χ3n) is 8.53. The fourth-order valence-corrected chi connectivity index (χ4v) is 5.35. The van der Waals surface area contributed by atoms with Crippen LogP contribution in [-0.2, 0) is 40.1 Å². The number of carbonyl (C=O) groups excluding carboxylic acids is 5. The molecule has 2 aliphatic rings. The summed E-state index contributed by atoms with van der Waals surface area (Å²) in [5.74, 6) is -1.98. The molecule has 2 heterocycles. The van der Waals surface area contributed by atoms with E-state index < -0.39 is 30.4 Å². The molecule has 2 fully saturated rings. The first kappa shape index (κ1) is 36.4. The number of hydrogen-bond donors (Lipinski definition) is 4. The molecule has 46 heavy (non-hydrogen) atoms. The van der Waals surface area contributed by atoms with E-state index in [9.17, 15) is 39.0 Å². The molecule has 0 aliphatic carbocycles. The van der Waals surface area contributed by atoms with Crippen LogP contribution in [0.4, 0.5) is 0 Å². The number of ether oxygens (including phenoxy) is 3. The molecule has 2 saturated heterocycles. The molecule has 3 unspecified atom stereocenters. The molecule has 14 nitrogen and oxygen atoms in total. The number of piperidine rings is 1. The van der Waals surface area contributed by atoms with Crippen molar-refractivity contribution in [2.24, 2.45) is 11.3 Å². The molecule has 2 aliphatic heterocycles. The minimum Gasteiger partial charge on any atom is -0.479 e. The van der Waals surface area contributed by atoms with Crippen molar-refractivity contribution in [3.8, 4) is 5.75 Å². The standard InChI is InChI=1S/C32H45N3O11/c1-20(2)32(3)16-27(39)35(28(40)17-32)12-6-4-5-7-26(38)33-10-11-34-30(41)23-13-21(18-44-19-36)8-9-24(23)45-29-15-22(37)14-25(46-29)31(42)43/h8-9,13,19-20,22,25,29,37H,4-7,10-12,14-18H2,1-3H3,(H,33,38)(H,34,41)(H,42,43). The van der Waals surface area contributed by atoms with Crippen LogP contribution < -0.4 is 15.4 Å². The largest absolute Gasteiger partial charge is 0.479 e. The van der Waals surface area contributed by atoms with Gasteiger partial charge in [-0.05, 0) is 41.9 Å². The number of amides is 4. The second-order valence-electron chi connectivity index (χ2n) is 12.4. The van der Waals surface area contributed by atoms with Gasteiger partial charge in [-0.25, -0.2) is 4.79 Å². The molecule has 0 spiro atoms. The van der Waals surface area contributed by atoms with Crippen LogP contribution in [0, 0.1) is 11.3 Å². The average molecular weight is 648 g/mol. The van der Waals surface area contributed by atoms with Crippen LogP contribution in [0.5, 0.6) is 5.75 Å². The highest BCUT2D eigenvalue weighted by Gasteiger charge is 2.42. The highest BCUT2D eigenvalue weighted by atomic mass is 16.7. The van der Waals surface area contributed by atoms with E-state index in [1.54, 1.807) is 6.07 Å². The zero-order valence-electron chi connectivity index (χ0n) is 26.6. The van der Waals surface area contributed by atoms with E-state index in [2.05, 4.69) is 10.6 Å². The molecule has 0 saturated carbocycles. The van der Waals surface area contributed by atoms with Gasteiger partial charge in [0.1, 0.15) is 12.4 Å². The predicted octanol–water partition coefficient (Wildman–Crippen LogP) is 1.91. The molecule has 3 atom stereocenters. The molecular weight excluding hydrogens is 602 g/mol. The minimum absolute atomic E-state index is 0.000829. The Morgan fingerprint density at radius 2 is 1.78 bits per heavy atom. The number of hydrogen-bond acceptors (Lipinski definition) is 10. The monoisotopic (exact) mass is 647 g/mol. The van der Waals surface area contributed by atoms with Gasteiger partial charge in [0.2, 0.25) is 24.0 Å². The summed E-state index contributed by atoms with van der Waals surface area (Å²) in [7, 11) is 0. The van der Waals surface area contributed by atoms with Crippen molar-refractivity contribution in [2.75, 3.05) is 19.6 Å². The molecule has 3 rings (SSSR count). The lowest BCUT2D eigenvalue weighted by Gasteiger charge is -2.40. The molecule has 0 aromatic heterocycles. The summed E-state index contributed by atoms with van der Waals surface area (Å²) < 4.78 is 16.0. The summed E-state index contributed by atoms with van der Waals surface area (Å²) in [4.78, 5) is 73.8. The van der Waals surface area contributed by atoms with Gasteiger partial charge in [-0.2, -0.15) is 0 Å².